The van der Waals surface area contributed by atoms with Gasteiger partial charge in [0, 0.05) is 17.9 Å². The highest BCUT2D eigenvalue weighted by molar-refractivity contribution is 7.99. The summed E-state index contributed by atoms with van der Waals surface area (Å²) < 4.78 is 0. The van der Waals surface area contributed by atoms with Gasteiger partial charge in [-0.05, 0) is 19.4 Å². The fraction of sp³-hybridized carbons (Fsp3) is 0.500. The Morgan fingerprint density at radius 3 is 2.81 bits per heavy atom. The second kappa shape index (κ2) is 5.81. The molecule has 0 aliphatic heterocycles. The molecule has 88 valence electrons. The molecule has 1 aromatic rings. The van der Waals surface area contributed by atoms with E-state index in [0.29, 0.717) is 12.1 Å². The number of aliphatic hydroxyl groups excluding tert-OH is 1. The van der Waals surface area contributed by atoms with Gasteiger partial charge in [-0.2, -0.15) is 0 Å². The maximum atomic E-state index is 10.6. The zero-order valence-electron chi connectivity index (χ0n) is 9.21. The molecule has 1 heterocycles. The van der Waals surface area contributed by atoms with Gasteiger partial charge in [-0.15, -0.1) is 11.8 Å². The molecule has 0 spiro atoms. The van der Waals surface area contributed by atoms with Gasteiger partial charge in [-0.25, -0.2) is 4.98 Å². The standard InChI is InChI=1S/C10H14N2O3S/c1-7(5-6-13)16-10-4-3-9(12(14)15)8(2)11-10/h3-4,7,13H,5-6H2,1-2H3. The molecule has 6 heteroatoms. The number of nitrogens with zero attached hydrogens (tertiary/aromatic N) is 2. The molecule has 0 bridgehead atoms. The molecule has 0 aromatic carbocycles. The molecule has 16 heavy (non-hydrogen) atoms. The first-order valence-electron chi connectivity index (χ1n) is 4.94. The summed E-state index contributed by atoms with van der Waals surface area (Å²) in [6.07, 6.45) is 0.683. The van der Waals surface area contributed by atoms with Crippen molar-refractivity contribution < 1.29 is 10.0 Å². The molecule has 0 fully saturated rings. The van der Waals surface area contributed by atoms with Gasteiger partial charge in [0.2, 0.25) is 0 Å². The largest absolute Gasteiger partial charge is 0.396 e. The van der Waals surface area contributed by atoms with Gasteiger partial charge in [-0.3, -0.25) is 10.1 Å². The smallest absolute Gasteiger partial charge is 0.290 e. The highest BCUT2D eigenvalue weighted by Crippen LogP contribution is 2.26. The fourth-order valence-corrected chi connectivity index (χ4v) is 2.21. The third kappa shape index (κ3) is 3.46. The Morgan fingerprint density at radius 1 is 1.62 bits per heavy atom. The van der Waals surface area contributed by atoms with Crippen LogP contribution in [0.5, 0.6) is 0 Å². The van der Waals surface area contributed by atoms with Crippen LogP contribution in [0.2, 0.25) is 0 Å². The minimum Gasteiger partial charge on any atom is -0.396 e. The van der Waals surface area contributed by atoms with E-state index in [2.05, 4.69) is 4.98 Å². The first-order chi connectivity index (χ1) is 7.54. The minimum absolute atomic E-state index is 0.0409. The van der Waals surface area contributed by atoms with Crippen molar-refractivity contribution in [3.05, 3.63) is 27.9 Å². The Labute approximate surface area is 98.0 Å². The Morgan fingerprint density at radius 2 is 2.31 bits per heavy atom. The van der Waals surface area contributed by atoms with E-state index in [-0.39, 0.29) is 17.5 Å². The number of aryl methyl sites for hydroxylation is 1. The summed E-state index contributed by atoms with van der Waals surface area (Å²) in [5, 5.41) is 20.3. The topological polar surface area (TPSA) is 76.3 Å². The molecule has 5 nitrogen and oxygen atoms in total. The second-order valence-electron chi connectivity index (χ2n) is 3.45. The second-order valence-corrected chi connectivity index (χ2v) is 4.91. The van der Waals surface area contributed by atoms with Crippen molar-refractivity contribution in [2.45, 2.75) is 30.5 Å². The van der Waals surface area contributed by atoms with Crippen LogP contribution >= 0.6 is 11.8 Å². The predicted octanol–water partition coefficient (Wildman–Crippen LogP) is 2.16. The molecule has 1 unspecified atom stereocenters. The number of aliphatic hydroxyl groups is 1. The van der Waals surface area contributed by atoms with Gasteiger partial charge >= 0.3 is 0 Å². The summed E-state index contributed by atoms with van der Waals surface area (Å²) in [6, 6.07) is 3.11. The minimum atomic E-state index is -0.437. The Hall–Kier alpha value is -1.14. The molecule has 0 radical (unpaired) electrons. The van der Waals surface area contributed by atoms with E-state index in [9.17, 15) is 10.1 Å². The Balaban J connectivity index is 2.77. The van der Waals surface area contributed by atoms with Gasteiger partial charge in [-0.1, -0.05) is 6.92 Å². The van der Waals surface area contributed by atoms with Crippen molar-refractivity contribution >= 4 is 17.4 Å². The number of thioether (sulfide) groups is 1. The van der Waals surface area contributed by atoms with Crippen LogP contribution in [0.1, 0.15) is 19.0 Å². The van der Waals surface area contributed by atoms with Crippen molar-refractivity contribution in [3.63, 3.8) is 0 Å². The van der Waals surface area contributed by atoms with E-state index in [4.69, 9.17) is 5.11 Å². The summed E-state index contributed by atoms with van der Waals surface area (Å²) in [6.45, 7) is 3.75. The Kier molecular flexibility index (Phi) is 4.70. The number of hydrogen-bond acceptors (Lipinski definition) is 5. The van der Waals surface area contributed by atoms with Crippen molar-refractivity contribution in [1.82, 2.24) is 4.98 Å². The molecule has 1 rings (SSSR count). The molecule has 0 saturated carbocycles. The molecular formula is C10H14N2O3S. The van der Waals surface area contributed by atoms with Crippen LogP contribution in [0.3, 0.4) is 0 Å². The normalized spacial score (nSPS) is 12.4. The zero-order valence-corrected chi connectivity index (χ0v) is 10.0. The van der Waals surface area contributed by atoms with Gasteiger partial charge in [0.25, 0.3) is 5.69 Å². The third-order valence-corrected chi connectivity index (χ3v) is 3.19. The van der Waals surface area contributed by atoms with Crippen LogP contribution in [-0.4, -0.2) is 26.9 Å². The lowest BCUT2D eigenvalue weighted by Gasteiger charge is -2.08. The number of hydrogen-bond donors (Lipinski definition) is 1. The average molecular weight is 242 g/mol. The average Bonchev–Trinajstić information content (AvgIpc) is 2.17. The number of nitro groups is 1. The van der Waals surface area contributed by atoms with Crippen molar-refractivity contribution in [2.75, 3.05) is 6.61 Å². The molecule has 0 saturated heterocycles. The van der Waals surface area contributed by atoms with Crippen LogP contribution < -0.4 is 0 Å². The van der Waals surface area contributed by atoms with Crippen LogP contribution in [0.25, 0.3) is 0 Å². The molecular weight excluding hydrogens is 228 g/mol. The third-order valence-electron chi connectivity index (χ3n) is 2.09. The maximum absolute atomic E-state index is 10.6. The molecule has 1 aromatic heterocycles. The quantitative estimate of drug-likeness (QED) is 0.486. The molecule has 0 aliphatic carbocycles. The first kappa shape index (κ1) is 12.9. The van der Waals surface area contributed by atoms with Crippen LogP contribution in [-0.2, 0) is 0 Å². The lowest BCUT2D eigenvalue weighted by Crippen LogP contribution is -2.01. The van der Waals surface area contributed by atoms with E-state index >= 15 is 0 Å². The van der Waals surface area contributed by atoms with Crippen LogP contribution in [0.15, 0.2) is 17.2 Å². The van der Waals surface area contributed by atoms with Crippen molar-refractivity contribution in [3.8, 4) is 0 Å². The SMILES string of the molecule is Cc1nc(SC(C)CCO)ccc1[N+](=O)[O-]. The molecule has 0 aliphatic rings. The van der Waals surface area contributed by atoms with E-state index in [0.717, 1.165) is 5.03 Å². The van der Waals surface area contributed by atoms with E-state index < -0.39 is 4.92 Å². The van der Waals surface area contributed by atoms with Crippen LogP contribution in [0, 0.1) is 17.0 Å². The first-order valence-corrected chi connectivity index (χ1v) is 5.82. The maximum Gasteiger partial charge on any atom is 0.290 e. The number of pyridine rings is 1. The van der Waals surface area contributed by atoms with Crippen molar-refractivity contribution in [2.24, 2.45) is 0 Å². The van der Waals surface area contributed by atoms with E-state index in [1.54, 1.807) is 13.0 Å². The van der Waals surface area contributed by atoms with Gasteiger partial charge in [0.1, 0.15) is 5.69 Å². The van der Waals surface area contributed by atoms with E-state index in [1.807, 2.05) is 6.92 Å². The highest BCUT2D eigenvalue weighted by atomic mass is 32.2. The van der Waals surface area contributed by atoms with E-state index in [1.165, 1.54) is 17.8 Å². The van der Waals surface area contributed by atoms with Crippen molar-refractivity contribution in [1.29, 1.82) is 0 Å². The summed E-state index contributed by atoms with van der Waals surface area (Å²) in [5.74, 6) is 0. The monoisotopic (exact) mass is 242 g/mol. The fourth-order valence-electron chi connectivity index (χ4n) is 1.24. The Bertz CT molecular complexity index is 384. The predicted molar refractivity (Wildman–Crippen MR) is 62.7 cm³/mol. The van der Waals surface area contributed by atoms with Gasteiger partial charge < -0.3 is 5.11 Å². The summed E-state index contributed by atoms with van der Waals surface area (Å²) >= 11 is 1.51. The lowest BCUT2D eigenvalue weighted by molar-refractivity contribution is -0.385. The summed E-state index contributed by atoms with van der Waals surface area (Å²) in [4.78, 5) is 14.3. The molecule has 1 atom stereocenters. The zero-order chi connectivity index (χ0) is 12.1. The number of rotatable bonds is 5. The lowest BCUT2D eigenvalue weighted by atomic mass is 10.3. The summed E-state index contributed by atoms with van der Waals surface area (Å²) in [7, 11) is 0. The molecule has 1 N–H and O–H groups in total. The molecule has 0 amide bonds. The van der Waals surface area contributed by atoms with Gasteiger partial charge in [0.15, 0.2) is 0 Å². The summed E-state index contributed by atoms with van der Waals surface area (Å²) in [5.41, 5.74) is 0.463. The highest BCUT2D eigenvalue weighted by Gasteiger charge is 2.13. The van der Waals surface area contributed by atoms with Gasteiger partial charge in [0.05, 0.1) is 9.95 Å². The number of aromatic nitrogens is 1. The van der Waals surface area contributed by atoms with Crippen LogP contribution in [0.4, 0.5) is 5.69 Å².